The first-order valence-corrected chi connectivity index (χ1v) is 6.86. The van der Waals surface area contributed by atoms with Gasteiger partial charge in [0.1, 0.15) is 0 Å². The minimum atomic E-state index is -0.535. The highest BCUT2D eigenvalue weighted by Crippen LogP contribution is 2.21. The fourth-order valence-electron chi connectivity index (χ4n) is 1.35. The highest BCUT2D eigenvalue weighted by atomic mass is 79.9. The van der Waals surface area contributed by atoms with Crippen molar-refractivity contribution < 1.29 is 4.79 Å². The number of nitrogens with two attached hydrogens (primary N) is 1. The quantitative estimate of drug-likeness (QED) is 0.893. The average molecular weight is 334 g/mol. The predicted molar refractivity (Wildman–Crippen MR) is 78.4 cm³/mol. The zero-order valence-corrected chi connectivity index (χ0v) is 13.1. The molecule has 0 aliphatic carbocycles. The van der Waals surface area contributed by atoms with Crippen LogP contribution in [0.5, 0.6) is 0 Å². The molecule has 0 saturated carbocycles. The predicted octanol–water partition coefficient (Wildman–Crippen LogP) is 3.09. The third-order valence-electron chi connectivity index (χ3n) is 2.68. The molecule has 3 nitrogen and oxygen atoms in total. The van der Waals surface area contributed by atoms with Crippen LogP contribution in [0, 0.1) is 5.41 Å². The van der Waals surface area contributed by atoms with Gasteiger partial charge in [-0.3, -0.25) is 4.79 Å². The summed E-state index contributed by atoms with van der Waals surface area (Å²) in [6.45, 7) is 6.19. The maximum absolute atomic E-state index is 11.9. The molecule has 0 bridgehead atoms. The van der Waals surface area contributed by atoms with E-state index in [0.29, 0.717) is 11.6 Å². The Hall–Kier alpha value is -0.580. The molecule has 0 aliphatic heterocycles. The van der Waals surface area contributed by atoms with Crippen molar-refractivity contribution in [2.75, 3.05) is 0 Å². The molecule has 100 valence electrons. The Balaban J connectivity index is 2.63. The summed E-state index contributed by atoms with van der Waals surface area (Å²) in [6.07, 6.45) is 0. The van der Waals surface area contributed by atoms with E-state index < -0.39 is 6.04 Å². The van der Waals surface area contributed by atoms with E-state index in [1.165, 1.54) is 0 Å². The molecule has 0 fully saturated rings. The summed E-state index contributed by atoms with van der Waals surface area (Å²) < 4.78 is 0.911. The van der Waals surface area contributed by atoms with Crippen LogP contribution in [0.2, 0.25) is 5.02 Å². The third-order valence-corrected chi connectivity index (χ3v) is 3.53. The second-order valence-electron chi connectivity index (χ2n) is 5.30. The number of carbonyl (C=O) groups excluding carboxylic acids is 1. The Bertz CT molecular complexity index is 443. The summed E-state index contributed by atoms with van der Waals surface area (Å²) >= 11 is 9.40. The van der Waals surface area contributed by atoms with Crippen molar-refractivity contribution in [3.05, 3.63) is 33.3 Å². The monoisotopic (exact) mass is 332 g/mol. The Morgan fingerprint density at radius 1 is 1.50 bits per heavy atom. The standard InChI is InChI=1S/C13H18BrClN2O/c1-13(2,3)11(16)12(18)17-7-8-4-5-9(14)6-10(8)15/h4-6,11H,7,16H2,1-3H3,(H,17,18)/t11-/m1/s1. The van der Waals surface area contributed by atoms with Crippen molar-refractivity contribution in [3.63, 3.8) is 0 Å². The summed E-state index contributed by atoms with van der Waals surface area (Å²) in [6, 6.07) is 5.02. The lowest BCUT2D eigenvalue weighted by atomic mass is 9.87. The number of hydrogen-bond donors (Lipinski definition) is 2. The number of halogens is 2. The largest absolute Gasteiger partial charge is 0.351 e. The van der Waals surface area contributed by atoms with Gasteiger partial charge in [0, 0.05) is 16.0 Å². The molecule has 1 rings (SSSR count). The number of amides is 1. The van der Waals surface area contributed by atoms with Crippen molar-refractivity contribution in [2.45, 2.75) is 33.4 Å². The van der Waals surface area contributed by atoms with Crippen LogP contribution in [0.1, 0.15) is 26.3 Å². The van der Waals surface area contributed by atoms with Gasteiger partial charge in [-0.1, -0.05) is 54.4 Å². The van der Waals surface area contributed by atoms with Gasteiger partial charge in [0.15, 0.2) is 0 Å². The van der Waals surface area contributed by atoms with Crippen LogP contribution in [0.4, 0.5) is 0 Å². The smallest absolute Gasteiger partial charge is 0.237 e. The highest BCUT2D eigenvalue weighted by molar-refractivity contribution is 9.10. The number of hydrogen-bond acceptors (Lipinski definition) is 2. The first kappa shape index (κ1) is 15.5. The molecule has 1 aromatic rings. The number of rotatable bonds is 3. The first-order chi connectivity index (χ1) is 8.21. The van der Waals surface area contributed by atoms with Gasteiger partial charge in [0.25, 0.3) is 0 Å². The van der Waals surface area contributed by atoms with Gasteiger partial charge in [0.05, 0.1) is 6.04 Å². The SMILES string of the molecule is CC(C)(C)[C@H](N)C(=O)NCc1ccc(Br)cc1Cl. The molecule has 0 unspecified atom stereocenters. The zero-order chi connectivity index (χ0) is 13.9. The number of nitrogens with one attached hydrogen (secondary N) is 1. The van der Waals surface area contributed by atoms with Crippen LogP contribution in [-0.2, 0) is 11.3 Å². The van der Waals surface area contributed by atoms with Crippen molar-refractivity contribution in [3.8, 4) is 0 Å². The molecule has 0 saturated heterocycles. The molecule has 0 aliphatic rings. The first-order valence-electron chi connectivity index (χ1n) is 5.69. The molecule has 0 radical (unpaired) electrons. The van der Waals surface area contributed by atoms with E-state index in [-0.39, 0.29) is 11.3 Å². The molecule has 5 heteroatoms. The van der Waals surface area contributed by atoms with Crippen molar-refractivity contribution in [2.24, 2.45) is 11.1 Å². The van der Waals surface area contributed by atoms with E-state index in [1.807, 2.05) is 32.9 Å². The topological polar surface area (TPSA) is 55.1 Å². The van der Waals surface area contributed by atoms with Crippen LogP contribution in [-0.4, -0.2) is 11.9 Å². The van der Waals surface area contributed by atoms with E-state index in [1.54, 1.807) is 6.07 Å². The van der Waals surface area contributed by atoms with E-state index in [2.05, 4.69) is 21.2 Å². The van der Waals surface area contributed by atoms with Gasteiger partial charge in [-0.15, -0.1) is 0 Å². The second kappa shape index (κ2) is 6.04. The van der Waals surface area contributed by atoms with E-state index >= 15 is 0 Å². The van der Waals surface area contributed by atoms with Gasteiger partial charge in [-0.25, -0.2) is 0 Å². The van der Waals surface area contributed by atoms with E-state index in [9.17, 15) is 4.79 Å². The lowest BCUT2D eigenvalue weighted by Gasteiger charge is -2.25. The summed E-state index contributed by atoms with van der Waals surface area (Å²) in [7, 11) is 0. The molecule has 1 aromatic carbocycles. The molecule has 1 amide bonds. The lowest BCUT2D eigenvalue weighted by Crippen LogP contribution is -2.48. The van der Waals surface area contributed by atoms with Crippen LogP contribution < -0.4 is 11.1 Å². The fourth-order valence-corrected chi connectivity index (χ4v) is 2.09. The minimum Gasteiger partial charge on any atom is -0.351 e. The molecule has 3 N–H and O–H groups in total. The molecular formula is C13H18BrClN2O. The van der Waals surface area contributed by atoms with Gasteiger partial charge in [-0.05, 0) is 23.1 Å². The Morgan fingerprint density at radius 2 is 2.11 bits per heavy atom. The summed E-state index contributed by atoms with van der Waals surface area (Å²) in [4.78, 5) is 11.9. The molecule has 1 atom stereocenters. The van der Waals surface area contributed by atoms with Gasteiger partial charge >= 0.3 is 0 Å². The Labute approximate surface area is 121 Å². The fraction of sp³-hybridized carbons (Fsp3) is 0.462. The lowest BCUT2D eigenvalue weighted by molar-refractivity contribution is -0.124. The number of carbonyl (C=O) groups is 1. The van der Waals surface area contributed by atoms with Crippen LogP contribution in [0.15, 0.2) is 22.7 Å². The maximum atomic E-state index is 11.9. The molecule has 0 heterocycles. The van der Waals surface area contributed by atoms with E-state index in [4.69, 9.17) is 17.3 Å². The van der Waals surface area contributed by atoms with Crippen molar-refractivity contribution in [1.82, 2.24) is 5.32 Å². The molecular weight excluding hydrogens is 316 g/mol. The highest BCUT2D eigenvalue weighted by Gasteiger charge is 2.27. The van der Waals surface area contributed by atoms with Gasteiger partial charge < -0.3 is 11.1 Å². The van der Waals surface area contributed by atoms with Gasteiger partial charge in [0.2, 0.25) is 5.91 Å². The van der Waals surface area contributed by atoms with Crippen LogP contribution in [0.3, 0.4) is 0 Å². The van der Waals surface area contributed by atoms with Crippen LogP contribution in [0.25, 0.3) is 0 Å². The second-order valence-corrected chi connectivity index (χ2v) is 6.62. The zero-order valence-electron chi connectivity index (χ0n) is 10.8. The maximum Gasteiger partial charge on any atom is 0.237 e. The summed E-state index contributed by atoms with van der Waals surface area (Å²) in [5.74, 6) is -0.165. The average Bonchev–Trinajstić information content (AvgIpc) is 2.25. The molecule has 0 aromatic heterocycles. The minimum absolute atomic E-state index is 0.165. The van der Waals surface area contributed by atoms with Crippen molar-refractivity contribution in [1.29, 1.82) is 0 Å². The summed E-state index contributed by atoms with van der Waals surface area (Å²) in [5.41, 5.74) is 6.48. The van der Waals surface area contributed by atoms with Crippen LogP contribution >= 0.6 is 27.5 Å². The Kier molecular flexibility index (Phi) is 5.20. The van der Waals surface area contributed by atoms with E-state index in [0.717, 1.165) is 10.0 Å². The summed E-state index contributed by atoms with van der Waals surface area (Å²) in [5, 5.41) is 3.42. The van der Waals surface area contributed by atoms with Gasteiger partial charge in [-0.2, -0.15) is 0 Å². The molecule has 0 spiro atoms. The third kappa shape index (κ3) is 4.26. The normalized spacial score (nSPS) is 13.2. The molecule has 18 heavy (non-hydrogen) atoms. The van der Waals surface area contributed by atoms with Crippen molar-refractivity contribution >= 4 is 33.4 Å². The Morgan fingerprint density at radius 3 is 2.61 bits per heavy atom. The number of benzene rings is 1.